The van der Waals surface area contributed by atoms with Gasteiger partial charge in [0.05, 0.1) is 35.5 Å². The van der Waals surface area contributed by atoms with Gasteiger partial charge < -0.3 is 15.8 Å². The van der Waals surface area contributed by atoms with Crippen molar-refractivity contribution in [1.29, 1.82) is 0 Å². The highest BCUT2D eigenvalue weighted by Crippen LogP contribution is 2.41. The normalized spacial score (nSPS) is 14.5. The molecule has 2 aromatic heterocycles. The van der Waals surface area contributed by atoms with Crippen LogP contribution in [0.15, 0.2) is 42.7 Å². The van der Waals surface area contributed by atoms with Gasteiger partial charge in [-0.3, -0.25) is 9.69 Å². The van der Waals surface area contributed by atoms with Crippen LogP contribution in [0, 0.1) is 5.82 Å². The predicted octanol–water partition coefficient (Wildman–Crippen LogP) is 4.85. The minimum absolute atomic E-state index is 0.0858. The molecule has 3 heterocycles. The first-order valence-electron chi connectivity index (χ1n) is 12.2. The van der Waals surface area contributed by atoms with Gasteiger partial charge in [0.1, 0.15) is 29.4 Å². The minimum Gasteiger partial charge on any atom is -0.495 e. The van der Waals surface area contributed by atoms with E-state index in [4.69, 9.17) is 15.6 Å². The molecule has 0 saturated carbocycles. The van der Waals surface area contributed by atoms with E-state index in [1.165, 1.54) is 20.4 Å². The van der Waals surface area contributed by atoms with Crippen molar-refractivity contribution in [3.05, 3.63) is 54.1 Å². The first-order chi connectivity index (χ1) is 18.6. The fourth-order valence-electron chi connectivity index (χ4n) is 4.88. The molecule has 0 aliphatic carbocycles. The Morgan fingerprint density at radius 2 is 1.90 bits per heavy atom. The van der Waals surface area contributed by atoms with Crippen LogP contribution in [-0.4, -0.2) is 45.9 Å². The summed E-state index contributed by atoms with van der Waals surface area (Å²) in [4.78, 5) is 22.3. The fraction of sp³-hybridized carbons (Fsp3) is 0.308. The molecule has 39 heavy (non-hydrogen) atoms. The third-order valence-electron chi connectivity index (χ3n) is 6.70. The Morgan fingerprint density at radius 3 is 2.54 bits per heavy atom. The Morgan fingerprint density at radius 1 is 1.15 bits per heavy atom. The number of benzene rings is 2. The lowest BCUT2D eigenvalue weighted by Crippen LogP contribution is -2.30. The van der Waals surface area contributed by atoms with Crippen molar-refractivity contribution < 1.29 is 27.1 Å². The molecule has 3 N–H and O–H groups in total. The highest BCUT2D eigenvalue weighted by molar-refractivity contribution is 6.02. The van der Waals surface area contributed by atoms with Gasteiger partial charge in [0, 0.05) is 12.5 Å². The van der Waals surface area contributed by atoms with Crippen molar-refractivity contribution in [1.82, 2.24) is 25.1 Å². The number of carbonyl (C=O) groups excluding carboxylic acids is 1. The van der Waals surface area contributed by atoms with Gasteiger partial charge in [0.2, 0.25) is 5.91 Å². The van der Waals surface area contributed by atoms with Crippen LogP contribution in [0.5, 0.6) is 5.75 Å². The average molecular weight is 544 g/mol. The number of anilines is 3. The maximum Gasteiger partial charge on any atom is 0.419 e. The number of aromatic nitrogens is 4. The number of hydrogen-bond acceptors (Lipinski definition) is 7. The van der Waals surface area contributed by atoms with E-state index in [1.807, 2.05) is 4.68 Å². The third-order valence-corrected chi connectivity index (χ3v) is 6.70. The van der Waals surface area contributed by atoms with E-state index in [2.05, 4.69) is 15.3 Å². The van der Waals surface area contributed by atoms with E-state index >= 15 is 0 Å². The molecule has 9 nitrogen and oxygen atoms in total. The molecule has 0 atom stereocenters. The number of hydrogen-bond donors (Lipinski definition) is 2. The van der Waals surface area contributed by atoms with Crippen molar-refractivity contribution in [2.75, 3.05) is 30.8 Å². The van der Waals surface area contributed by atoms with Crippen LogP contribution in [0.1, 0.15) is 31.4 Å². The van der Waals surface area contributed by atoms with Gasteiger partial charge in [-0.1, -0.05) is 6.07 Å². The smallest absolute Gasteiger partial charge is 0.419 e. The molecule has 1 saturated heterocycles. The molecule has 0 radical (unpaired) electrons. The van der Waals surface area contributed by atoms with Crippen LogP contribution in [0.2, 0.25) is 0 Å². The van der Waals surface area contributed by atoms with Gasteiger partial charge >= 0.3 is 6.18 Å². The van der Waals surface area contributed by atoms with E-state index in [9.17, 15) is 22.4 Å². The number of nitrogens with zero attached hydrogens (tertiary/aromatic N) is 5. The number of nitrogens with one attached hydrogen (secondary N) is 1. The molecule has 0 bridgehead atoms. The molecule has 0 unspecified atom stereocenters. The zero-order chi connectivity index (χ0) is 27.9. The summed E-state index contributed by atoms with van der Waals surface area (Å²) in [7, 11) is 1.39. The molecule has 4 aromatic rings. The van der Waals surface area contributed by atoms with E-state index < -0.39 is 23.5 Å². The molecule has 13 heteroatoms. The van der Waals surface area contributed by atoms with Crippen molar-refractivity contribution in [3.63, 3.8) is 0 Å². The summed E-state index contributed by atoms with van der Waals surface area (Å²) in [6.07, 6.45) is -1.76. The summed E-state index contributed by atoms with van der Waals surface area (Å²) in [6, 6.07) is 7.28. The van der Waals surface area contributed by atoms with Crippen molar-refractivity contribution in [2.24, 2.45) is 0 Å². The summed E-state index contributed by atoms with van der Waals surface area (Å²) < 4.78 is 61.0. The summed E-state index contributed by atoms with van der Waals surface area (Å²) in [5.74, 6) is -1.59. The number of methoxy groups -OCH3 is 1. The maximum absolute atomic E-state index is 14.4. The van der Waals surface area contributed by atoms with Crippen LogP contribution in [0.3, 0.4) is 0 Å². The van der Waals surface area contributed by atoms with Crippen LogP contribution < -0.4 is 20.7 Å². The molecule has 1 fully saturated rings. The number of alkyl halides is 3. The summed E-state index contributed by atoms with van der Waals surface area (Å²) >= 11 is 0. The molecule has 5 rings (SSSR count). The Labute approximate surface area is 220 Å². The van der Waals surface area contributed by atoms with Gasteiger partial charge in [-0.25, -0.2) is 19.0 Å². The average Bonchev–Trinajstić information content (AvgIpc) is 3.30. The number of carbonyl (C=O) groups is 1. The number of piperidine rings is 1. The highest BCUT2D eigenvalue weighted by atomic mass is 19.4. The van der Waals surface area contributed by atoms with Gasteiger partial charge in [-0.05, 0) is 56.3 Å². The first kappa shape index (κ1) is 26.4. The van der Waals surface area contributed by atoms with E-state index in [1.54, 1.807) is 18.2 Å². The third kappa shape index (κ3) is 4.85. The molecule has 204 valence electrons. The predicted molar refractivity (Wildman–Crippen MR) is 137 cm³/mol. The van der Waals surface area contributed by atoms with E-state index in [-0.39, 0.29) is 29.0 Å². The second-order valence-corrected chi connectivity index (χ2v) is 9.13. The van der Waals surface area contributed by atoms with Crippen LogP contribution >= 0.6 is 0 Å². The zero-order valence-corrected chi connectivity index (χ0v) is 21.1. The van der Waals surface area contributed by atoms with Gasteiger partial charge in [-0.2, -0.15) is 18.3 Å². The monoisotopic (exact) mass is 543 g/mol. The SMILES string of the molecule is COc1cc(-c2nn(C3CCNCC3)c3ncnc(N)c23)ccc1N(C(C)=O)c1ccc(C(F)(F)F)c(F)c1. The Kier molecular flexibility index (Phi) is 6.85. The molecule has 1 amide bonds. The maximum atomic E-state index is 14.4. The number of amides is 1. The van der Waals surface area contributed by atoms with Gasteiger partial charge in [-0.15, -0.1) is 0 Å². The largest absolute Gasteiger partial charge is 0.495 e. The van der Waals surface area contributed by atoms with Crippen molar-refractivity contribution in [3.8, 4) is 17.0 Å². The molecule has 1 aliphatic heterocycles. The zero-order valence-electron chi connectivity index (χ0n) is 21.1. The fourth-order valence-corrected chi connectivity index (χ4v) is 4.88. The molecule has 2 aromatic carbocycles. The number of halogens is 4. The van der Waals surface area contributed by atoms with Crippen LogP contribution in [0.4, 0.5) is 34.8 Å². The number of rotatable bonds is 5. The Bertz CT molecular complexity index is 1550. The summed E-state index contributed by atoms with van der Waals surface area (Å²) in [5, 5.41) is 8.74. The molecule has 1 aliphatic rings. The van der Waals surface area contributed by atoms with E-state index in [0.717, 1.165) is 36.9 Å². The van der Waals surface area contributed by atoms with Crippen LogP contribution in [-0.2, 0) is 11.0 Å². The second kappa shape index (κ2) is 10.1. The Balaban J connectivity index is 1.61. The number of nitrogen functional groups attached to an aromatic ring is 1. The minimum atomic E-state index is -4.87. The lowest BCUT2D eigenvalue weighted by molar-refractivity contribution is -0.140. The number of fused-ring (bicyclic) bond motifs is 1. The molecular formula is C26H25F4N7O2. The quantitative estimate of drug-likeness (QED) is 0.346. The molecule has 0 spiro atoms. The van der Waals surface area contributed by atoms with Gasteiger partial charge in [0.25, 0.3) is 0 Å². The highest BCUT2D eigenvalue weighted by Gasteiger charge is 2.34. The standard InChI is InChI=1S/C26H25F4N7O2/c1-14(38)36(17-4-5-18(19(27)12-17)26(28,29)30)20-6-3-15(11-21(20)39-2)23-22-24(31)33-13-34-25(22)37(35-23)16-7-9-32-10-8-16/h3-6,11-13,16,32H,7-10H2,1-2H3,(H2,31,33,34). The first-order valence-corrected chi connectivity index (χ1v) is 12.2. The van der Waals surface area contributed by atoms with E-state index in [0.29, 0.717) is 34.4 Å². The lowest BCUT2D eigenvalue weighted by atomic mass is 10.1. The van der Waals surface area contributed by atoms with Crippen molar-refractivity contribution >= 4 is 34.1 Å². The van der Waals surface area contributed by atoms with Crippen molar-refractivity contribution in [2.45, 2.75) is 32.0 Å². The Hall–Kier alpha value is -4.26. The number of nitrogens with two attached hydrogens (primary N) is 1. The van der Waals surface area contributed by atoms with Crippen LogP contribution in [0.25, 0.3) is 22.3 Å². The van der Waals surface area contributed by atoms with Gasteiger partial charge in [0.15, 0.2) is 5.65 Å². The topological polar surface area (TPSA) is 111 Å². The molecular weight excluding hydrogens is 518 g/mol. The summed E-state index contributed by atoms with van der Waals surface area (Å²) in [5.41, 5.74) is 6.65. The number of ether oxygens (including phenoxy) is 1. The summed E-state index contributed by atoms with van der Waals surface area (Å²) in [6.45, 7) is 2.90. The lowest BCUT2D eigenvalue weighted by Gasteiger charge is -2.24. The second-order valence-electron chi connectivity index (χ2n) is 9.13.